The predicted octanol–water partition coefficient (Wildman–Crippen LogP) is 3.34. The Morgan fingerprint density at radius 1 is 1.26 bits per heavy atom. The molecule has 0 aliphatic carbocycles. The van der Waals surface area contributed by atoms with Crippen molar-refractivity contribution in [2.45, 2.75) is 19.8 Å². The molecule has 2 heterocycles. The standard InChI is InChI=1S/C18H18N2O3/c1-12-5-3-8-16-19-18(13-6-4-7-14(11-13)23-2)15(20(12)16)9-10-17(21)22/h3-8,11H,9-10H2,1-2H3,(H,21,22). The molecular weight excluding hydrogens is 292 g/mol. The minimum atomic E-state index is -0.815. The first-order chi connectivity index (χ1) is 11.1. The number of methoxy groups -OCH3 is 1. The number of aromatic nitrogens is 2. The summed E-state index contributed by atoms with van der Waals surface area (Å²) in [6.45, 7) is 1.99. The minimum Gasteiger partial charge on any atom is -0.497 e. The highest BCUT2D eigenvalue weighted by molar-refractivity contribution is 5.71. The van der Waals surface area contributed by atoms with Crippen LogP contribution >= 0.6 is 0 Å². The summed E-state index contributed by atoms with van der Waals surface area (Å²) in [4.78, 5) is 15.7. The molecule has 5 nitrogen and oxygen atoms in total. The summed E-state index contributed by atoms with van der Waals surface area (Å²) in [6, 6.07) is 13.5. The van der Waals surface area contributed by atoms with E-state index in [-0.39, 0.29) is 6.42 Å². The third-order valence-corrected chi connectivity index (χ3v) is 3.85. The number of aliphatic carboxylic acids is 1. The highest BCUT2D eigenvalue weighted by Gasteiger charge is 2.16. The SMILES string of the molecule is COc1cccc(-c2nc3cccc(C)n3c2CCC(=O)O)c1. The van der Waals surface area contributed by atoms with E-state index in [1.807, 2.05) is 53.8 Å². The number of rotatable bonds is 5. The van der Waals surface area contributed by atoms with Crippen LogP contribution in [0.25, 0.3) is 16.9 Å². The van der Waals surface area contributed by atoms with Gasteiger partial charge in [0.2, 0.25) is 0 Å². The molecule has 0 fully saturated rings. The van der Waals surface area contributed by atoms with Crippen molar-refractivity contribution in [1.29, 1.82) is 0 Å². The third-order valence-electron chi connectivity index (χ3n) is 3.85. The lowest BCUT2D eigenvalue weighted by atomic mass is 10.1. The van der Waals surface area contributed by atoms with Crippen LogP contribution in [0.1, 0.15) is 17.8 Å². The van der Waals surface area contributed by atoms with E-state index in [2.05, 4.69) is 0 Å². The molecule has 118 valence electrons. The van der Waals surface area contributed by atoms with Crippen molar-refractivity contribution in [2.75, 3.05) is 7.11 Å². The third kappa shape index (κ3) is 2.90. The predicted molar refractivity (Wildman–Crippen MR) is 87.9 cm³/mol. The fourth-order valence-electron chi connectivity index (χ4n) is 2.78. The molecule has 0 bridgehead atoms. The molecule has 0 saturated carbocycles. The Kier molecular flexibility index (Phi) is 4.02. The van der Waals surface area contributed by atoms with Crippen LogP contribution in [0, 0.1) is 6.92 Å². The maximum atomic E-state index is 11.0. The van der Waals surface area contributed by atoms with E-state index in [4.69, 9.17) is 14.8 Å². The van der Waals surface area contributed by atoms with Gasteiger partial charge in [-0.15, -0.1) is 0 Å². The number of hydrogen-bond donors (Lipinski definition) is 1. The van der Waals surface area contributed by atoms with Gasteiger partial charge in [0.25, 0.3) is 0 Å². The summed E-state index contributed by atoms with van der Waals surface area (Å²) in [7, 11) is 1.62. The van der Waals surface area contributed by atoms with Crippen molar-refractivity contribution < 1.29 is 14.6 Å². The lowest BCUT2D eigenvalue weighted by Gasteiger charge is -2.07. The van der Waals surface area contributed by atoms with Gasteiger partial charge in [0, 0.05) is 17.7 Å². The van der Waals surface area contributed by atoms with E-state index in [0.29, 0.717) is 6.42 Å². The second kappa shape index (κ2) is 6.12. The number of aryl methyl sites for hydroxylation is 2. The number of pyridine rings is 1. The zero-order chi connectivity index (χ0) is 16.4. The molecule has 3 aromatic rings. The van der Waals surface area contributed by atoms with Crippen LogP contribution in [-0.2, 0) is 11.2 Å². The summed E-state index contributed by atoms with van der Waals surface area (Å²) in [6.07, 6.45) is 0.493. The lowest BCUT2D eigenvalue weighted by molar-refractivity contribution is -0.136. The van der Waals surface area contributed by atoms with Crippen molar-refractivity contribution >= 4 is 11.6 Å². The van der Waals surface area contributed by atoms with E-state index >= 15 is 0 Å². The molecule has 1 N–H and O–H groups in total. The lowest BCUT2D eigenvalue weighted by Crippen LogP contribution is -2.03. The van der Waals surface area contributed by atoms with E-state index in [1.165, 1.54) is 0 Å². The first-order valence-electron chi connectivity index (χ1n) is 7.43. The molecule has 0 aliphatic heterocycles. The highest BCUT2D eigenvalue weighted by atomic mass is 16.5. The second-order valence-corrected chi connectivity index (χ2v) is 5.39. The number of carbonyl (C=O) groups is 1. The van der Waals surface area contributed by atoms with Crippen molar-refractivity contribution in [1.82, 2.24) is 9.38 Å². The Morgan fingerprint density at radius 3 is 2.78 bits per heavy atom. The Hall–Kier alpha value is -2.82. The molecule has 1 aromatic carbocycles. The van der Waals surface area contributed by atoms with Gasteiger partial charge in [0.15, 0.2) is 0 Å². The first-order valence-corrected chi connectivity index (χ1v) is 7.43. The van der Waals surface area contributed by atoms with Gasteiger partial charge in [0.05, 0.1) is 24.9 Å². The van der Waals surface area contributed by atoms with Crippen molar-refractivity contribution in [3.05, 3.63) is 53.9 Å². The maximum absolute atomic E-state index is 11.0. The number of fused-ring (bicyclic) bond motifs is 1. The molecule has 0 amide bonds. The van der Waals surface area contributed by atoms with Crippen LogP contribution in [-0.4, -0.2) is 27.6 Å². The molecule has 0 aliphatic rings. The molecule has 0 saturated heterocycles. The quantitative estimate of drug-likeness (QED) is 0.785. The van der Waals surface area contributed by atoms with Gasteiger partial charge in [-0.05, 0) is 31.2 Å². The van der Waals surface area contributed by atoms with Crippen LogP contribution in [0.3, 0.4) is 0 Å². The normalized spacial score (nSPS) is 10.9. The van der Waals surface area contributed by atoms with E-state index in [1.54, 1.807) is 7.11 Å². The molecule has 0 unspecified atom stereocenters. The Labute approximate surface area is 134 Å². The monoisotopic (exact) mass is 310 g/mol. The number of imidazole rings is 1. The zero-order valence-corrected chi connectivity index (χ0v) is 13.1. The van der Waals surface area contributed by atoms with Gasteiger partial charge in [-0.1, -0.05) is 18.2 Å². The highest BCUT2D eigenvalue weighted by Crippen LogP contribution is 2.29. The van der Waals surface area contributed by atoms with E-state index in [9.17, 15) is 4.79 Å². The molecular formula is C18H18N2O3. The molecule has 23 heavy (non-hydrogen) atoms. The van der Waals surface area contributed by atoms with Crippen molar-refractivity contribution in [2.24, 2.45) is 0 Å². The van der Waals surface area contributed by atoms with Crippen LogP contribution < -0.4 is 4.74 Å². The summed E-state index contributed by atoms with van der Waals surface area (Å²) in [5.41, 5.74) is 4.49. The van der Waals surface area contributed by atoms with E-state index < -0.39 is 5.97 Å². The van der Waals surface area contributed by atoms with Crippen LogP contribution in [0.4, 0.5) is 0 Å². The zero-order valence-electron chi connectivity index (χ0n) is 13.1. The van der Waals surface area contributed by atoms with Gasteiger partial charge in [-0.2, -0.15) is 0 Å². The summed E-state index contributed by atoms with van der Waals surface area (Å²) < 4.78 is 7.31. The van der Waals surface area contributed by atoms with Crippen LogP contribution in [0.2, 0.25) is 0 Å². The van der Waals surface area contributed by atoms with Crippen LogP contribution in [0.15, 0.2) is 42.5 Å². The Balaban J connectivity index is 2.20. The molecule has 0 radical (unpaired) electrons. The number of ether oxygens (including phenoxy) is 1. The second-order valence-electron chi connectivity index (χ2n) is 5.39. The average Bonchev–Trinajstić information content (AvgIpc) is 2.93. The number of carboxylic acid groups (broad SMARTS) is 1. The number of hydrogen-bond acceptors (Lipinski definition) is 3. The van der Waals surface area contributed by atoms with Crippen molar-refractivity contribution in [3.8, 4) is 17.0 Å². The fraction of sp³-hybridized carbons (Fsp3) is 0.222. The number of carboxylic acids is 1. The molecule has 3 rings (SSSR count). The summed E-state index contributed by atoms with van der Waals surface area (Å²) in [5, 5.41) is 9.05. The molecule has 5 heteroatoms. The number of benzene rings is 1. The van der Waals surface area contributed by atoms with Gasteiger partial charge in [0.1, 0.15) is 11.4 Å². The topological polar surface area (TPSA) is 63.8 Å². The minimum absolute atomic E-state index is 0.0685. The smallest absolute Gasteiger partial charge is 0.303 e. The van der Waals surface area contributed by atoms with Gasteiger partial charge < -0.3 is 14.2 Å². The van der Waals surface area contributed by atoms with E-state index in [0.717, 1.165) is 34.0 Å². The maximum Gasteiger partial charge on any atom is 0.303 e. The number of nitrogens with zero attached hydrogens (tertiary/aromatic N) is 2. The average molecular weight is 310 g/mol. The Morgan fingerprint density at radius 2 is 2.04 bits per heavy atom. The summed E-state index contributed by atoms with van der Waals surface area (Å²) >= 11 is 0. The molecule has 0 atom stereocenters. The van der Waals surface area contributed by atoms with Crippen LogP contribution in [0.5, 0.6) is 5.75 Å². The first kappa shape index (κ1) is 15.1. The molecule has 2 aromatic heterocycles. The van der Waals surface area contributed by atoms with Gasteiger partial charge in [-0.3, -0.25) is 4.79 Å². The largest absolute Gasteiger partial charge is 0.497 e. The fourth-order valence-corrected chi connectivity index (χ4v) is 2.78. The van der Waals surface area contributed by atoms with Crippen molar-refractivity contribution in [3.63, 3.8) is 0 Å². The van der Waals surface area contributed by atoms with Gasteiger partial charge in [-0.25, -0.2) is 4.98 Å². The Bertz CT molecular complexity index is 868. The summed E-state index contributed by atoms with van der Waals surface area (Å²) in [5.74, 6) is -0.0643. The van der Waals surface area contributed by atoms with Gasteiger partial charge >= 0.3 is 5.97 Å². The molecule has 0 spiro atoms.